The number of hydrogen-bond acceptors (Lipinski definition) is 1. The summed E-state index contributed by atoms with van der Waals surface area (Å²) in [6.07, 6.45) is 7.62. The quantitative estimate of drug-likeness (QED) is 0.639. The van der Waals surface area contributed by atoms with Crippen molar-refractivity contribution in [2.75, 3.05) is 0 Å². The zero-order valence-electron chi connectivity index (χ0n) is 8.16. The van der Waals surface area contributed by atoms with Crippen LogP contribution >= 0.6 is 0 Å². The molecule has 0 aliphatic heterocycles. The molecule has 13 heavy (non-hydrogen) atoms. The minimum Gasteiger partial charge on any atom is -0.306 e. The number of imidazole rings is 1. The van der Waals surface area contributed by atoms with Gasteiger partial charge < -0.3 is 4.98 Å². The highest BCUT2D eigenvalue weighted by Crippen LogP contribution is 1.69. The first kappa shape index (κ1) is 9.58. The molecule has 1 rings (SSSR count). The van der Waals surface area contributed by atoms with Crippen LogP contribution in [0.15, 0.2) is 16.9 Å². The predicted octanol–water partition coefficient (Wildman–Crippen LogP) is -0.130. The third-order valence-corrected chi connectivity index (χ3v) is 1.91. The summed E-state index contributed by atoms with van der Waals surface area (Å²) in [4.78, 5) is 14.0. The van der Waals surface area contributed by atoms with Gasteiger partial charge in [-0.25, -0.2) is 4.79 Å². The monoisotopic (exact) mass is 178 g/mol. The van der Waals surface area contributed by atoms with Crippen LogP contribution < -0.4 is 16.4 Å². The molecule has 0 spiro atoms. The highest BCUT2D eigenvalue weighted by Gasteiger charge is 1.94. The minimum atomic E-state index is -0.0798. The Labute approximate surface area is 76.7 Å². The largest absolute Gasteiger partial charge is 0.326 e. The molecule has 0 fully saturated rings. The van der Waals surface area contributed by atoms with Gasteiger partial charge in [0.15, 0.2) is 0 Å². The van der Waals surface area contributed by atoms with Crippen LogP contribution in [0, 0.1) is 0 Å². The van der Waals surface area contributed by atoms with Gasteiger partial charge in [0.05, 0.1) is 10.7 Å². The van der Waals surface area contributed by atoms with E-state index in [0.29, 0.717) is 0 Å². The number of nitrogens with zero attached hydrogens (tertiary/aromatic N) is 1. The summed E-state index contributed by atoms with van der Waals surface area (Å²) < 4.78 is 1.59. The maximum atomic E-state index is 11.2. The Hall–Kier alpha value is -1.51. The van der Waals surface area contributed by atoms with Crippen LogP contribution in [0.2, 0.25) is 0 Å². The molecule has 1 N–H and O–H groups in total. The average Bonchev–Trinajstić information content (AvgIpc) is 2.39. The lowest BCUT2D eigenvalue weighted by molar-refractivity contribution is 0.835. The molecule has 0 unspecified atom stereocenters. The second-order valence-corrected chi connectivity index (χ2v) is 2.77. The fourth-order valence-corrected chi connectivity index (χ4v) is 1.22. The van der Waals surface area contributed by atoms with Crippen molar-refractivity contribution >= 4 is 12.2 Å². The molecular formula is C10H14N2O. The third kappa shape index (κ3) is 1.80. The van der Waals surface area contributed by atoms with Gasteiger partial charge in [-0.05, 0) is 19.9 Å². The molecular weight excluding hydrogens is 164 g/mol. The normalized spacial score (nSPS) is 14.7. The summed E-state index contributed by atoms with van der Waals surface area (Å²) in [6, 6.07) is 0. The summed E-state index contributed by atoms with van der Waals surface area (Å²) in [6.45, 7) is 3.85. The lowest BCUT2D eigenvalue weighted by atomic mass is 10.4. The van der Waals surface area contributed by atoms with Crippen LogP contribution in [0.25, 0.3) is 12.2 Å². The number of aromatic nitrogens is 2. The van der Waals surface area contributed by atoms with Crippen molar-refractivity contribution in [2.24, 2.45) is 7.05 Å². The van der Waals surface area contributed by atoms with Gasteiger partial charge in [0.25, 0.3) is 0 Å². The van der Waals surface area contributed by atoms with Gasteiger partial charge in [-0.15, -0.1) is 0 Å². The Morgan fingerprint density at radius 1 is 1.38 bits per heavy atom. The molecule has 3 nitrogen and oxygen atoms in total. The molecule has 0 aromatic carbocycles. The van der Waals surface area contributed by atoms with Gasteiger partial charge in [-0.1, -0.05) is 18.2 Å². The van der Waals surface area contributed by atoms with E-state index in [1.54, 1.807) is 11.6 Å². The van der Waals surface area contributed by atoms with E-state index in [2.05, 4.69) is 4.98 Å². The van der Waals surface area contributed by atoms with E-state index >= 15 is 0 Å². The zero-order valence-corrected chi connectivity index (χ0v) is 8.16. The van der Waals surface area contributed by atoms with Crippen molar-refractivity contribution < 1.29 is 0 Å². The first-order valence-electron chi connectivity index (χ1n) is 4.25. The lowest BCUT2D eigenvalue weighted by Crippen LogP contribution is -2.29. The molecule has 1 aromatic rings. The van der Waals surface area contributed by atoms with E-state index in [4.69, 9.17) is 0 Å². The fraction of sp³-hybridized carbons (Fsp3) is 0.300. The molecule has 1 aromatic heterocycles. The van der Waals surface area contributed by atoms with Gasteiger partial charge >= 0.3 is 5.69 Å². The van der Waals surface area contributed by atoms with Crippen LogP contribution in [-0.4, -0.2) is 9.55 Å². The van der Waals surface area contributed by atoms with Crippen LogP contribution in [0.1, 0.15) is 13.8 Å². The molecule has 70 valence electrons. The summed E-state index contributed by atoms with van der Waals surface area (Å²) in [7, 11) is 1.75. The number of aromatic amines is 1. The Bertz CT molecular complexity index is 474. The Morgan fingerprint density at radius 2 is 2.08 bits per heavy atom. The maximum Gasteiger partial charge on any atom is 0.326 e. The van der Waals surface area contributed by atoms with Crippen LogP contribution in [0.3, 0.4) is 0 Å². The van der Waals surface area contributed by atoms with Crippen molar-refractivity contribution in [1.82, 2.24) is 9.55 Å². The first-order chi connectivity index (χ1) is 6.20. The summed E-state index contributed by atoms with van der Waals surface area (Å²) in [5.41, 5.74) is -0.0798. The standard InChI is InChI=1S/C10H14N2O/c1-4-6-7-8-9(5-2)12(3)10(13)11-8/h4-7H,1-3H3,(H,11,13)/b6-4-,8-7+,9-5+. The van der Waals surface area contributed by atoms with Gasteiger partial charge in [0.1, 0.15) is 0 Å². The Kier molecular flexibility index (Phi) is 2.90. The topological polar surface area (TPSA) is 37.8 Å². The molecule has 0 radical (unpaired) electrons. The van der Waals surface area contributed by atoms with E-state index in [-0.39, 0.29) is 5.69 Å². The number of nitrogens with one attached hydrogen (secondary N) is 1. The predicted molar refractivity (Wildman–Crippen MR) is 54.7 cm³/mol. The minimum absolute atomic E-state index is 0.0798. The second kappa shape index (κ2) is 3.94. The van der Waals surface area contributed by atoms with Gasteiger partial charge in [0, 0.05) is 7.05 Å². The van der Waals surface area contributed by atoms with Crippen molar-refractivity contribution in [3.05, 3.63) is 33.3 Å². The smallest absolute Gasteiger partial charge is 0.306 e. The van der Waals surface area contributed by atoms with E-state index in [1.165, 1.54) is 0 Å². The highest BCUT2D eigenvalue weighted by molar-refractivity contribution is 5.35. The number of allylic oxidation sites excluding steroid dienone is 2. The lowest BCUT2D eigenvalue weighted by Gasteiger charge is -1.84. The van der Waals surface area contributed by atoms with Crippen molar-refractivity contribution in [1.29, 1.82) is 0 Å². The molecule has 1 heterocycles. The van der Waals surface area contributed by atoms with Crippen molar-refractivity contribution in [3.63, 3.8) is 0 Å². The molecule has 0 aliphatic carbocycles. The summed E-state index contributed by atoms with van der Waals surface area (Å²) in [5.74, 6) is 0. The van der Waals surface area contributed by atoms with Crippen molar-refractivity contribution in [2.45, 2.75) is 13.8 Å². The van der Waals surface area contributed by atoms with Gasteiger partial charge in [-0.3, -0.25) is 4.57 Å². The van der Waals surface area contributed by atoms with E-state index in [1.807, 2.05) is 38.2 Å². The highest BCUT2D eigenvalue weighted by atomic mass is 16.1. The molecule has 0 saturated heterocycles. The third-order valence-electron chi connectivity index (χ3n) is 1.91. The second-order valence-electron chi connectivity index (χ2n) is 2.77. The van der Waals surface area contributed by atoms with Crippen LogP contribution in [0.4, 0.5) is 0 Å². The SMILES string of the molecule is C\C=C/C=c1/[nH]c(=O)n(C)/c1=C/C. The van der Waals surface area contributed by atoms with Gasteiger partial charge in [0.2, 0.25) is 0 Å². The Morgan fingerprint density at radius 3 is 2.62 bits per heavy atom. The molecule has 0 saturated carbocycles. The molecule has 0 aliphatic rings. The fourth-order valence-electron chi connectivity index (χ4n) is 1.22. The number of H-pyrrole nitrogens is 1. The maximum absolute atomic E-state index is 11.2. The van der Waals surface area contributed by atoms with Crippen molar-refractivity contribution in [3.8, 4) is 0 Å². The van der Waals surface area contributed by atoms with Crippen LogP contribution in [-0.2, 0) is 7.05 Å². The zero-order chi connectivity index (χ0) is 9.84. The molecule has 0 atom stereocenters. The van der Waals surface area contributed by atoms with E-state index in [0.717, 1.165) is 10.7 Å². The molecule has 0 amide bonds. The van der Waals surface area contributed by atoms with Gasteiger partial charge in [-0.2, -0.15) is 0 Å². The summed E-state index contributed by atoms with van der Waals surface area (Å²) >= 11 is 0. The first-order valence-corrected chi connectivity index (χ1v) is 4.25. The average molecular weight is 178 g/mol. The van der Waals surface area contributed by atoms with E-state index < -0.39 is 0 Å². The number of rotatable bonds is 1. The van der Waals surface area contributed by atoms with E-state index in [9.17, 15) is 4.79 Å². The Balaban J connectivity index is 3.58. The summed E-state index contributed by atoms with van der Waals surface area (Å²) in [5, 5.41) is 1.77. The van der Waals surface area contributed by atoms with Crippen LogP contribution in [0.5, 0.6) is 0 Å². The molecule has 0 bridgehead atoms. The molecule has 3 heteroatoms. The number of hydrogen-bond donors (Lipinski definition) is 1.